The van der Waals surface area contributed by atoms with E-state index in [0.29, 0.717) is 12.4 Å². The molecular weight excluding hydrogens is 364 g/mol. The fraction of sp³-hybridized carbons (Fsp3) is 0.130. The molecule has 0 aliphatic rings. The number of hydrogen-bond donors (Lipinski definition) is 0. The number of esters is 1. The van der Waals surface area contributed by atoms with Crippen molar-refractivity contribution in [2.24, 2.45) is 0 Å². The Bertz CT molecular complexity index is 1010. The minimum absolute atomic E-state index is 0.00876. The summed E-state index contributed by atoms with van der Waals surface area (Å²) in [5.74, 6) is -0.338. The van der Waals surface area contributed by atoms with Crippen molar-refractivity contribution in [1.29, 1.82) is 0 Å². The Morgan fingerprint density at radius 1 is 0.828 bits per heavy atom. The van der Waals surface area contributed by atoms with Crippen molar-refractivity contribution in [2.45, 2.75) is 19.1 Å². The average molecular weight is 384 g/mol. The number of ether oxygens (including phenoxy) is 1. The first-order chi connectivity index (χ1) is 14.3. The van der Waals surface area contributed by atoms with Gasteiger partial charge in [0.15, 0.2) is 12.4 Å². The van der Waals surface area contributed by atoms with Gasteiger partial charge in [0.05, 0.1) is 6.54 Å². The van der Waals surface area contributed by atoms with Gasteiger partial charge in [0.1, 0.15) is 5.92 Å². The Morgan fingerprint density at radius 3 is 1.97 bits per heavy atom. The molecule has 0 atom stereocenters. The van der Waals surface area contributed by atoms with E-state index in [9.17, 15) is 4.79 Å². The lowest BCUT2D eigenvalue weighted by atomic mass is 9.91. The second-order valence-corrected chi connectivity index (χ2v) is 6.60. The van der Waals surface area contributed by atoms with Gasteiger partial charge in [0.2, 0.25) is 0 Å². The third-order valence-electron chi connectivity index (χ3n) is 4.63. The van der Waals surface area contributed by atoms with E-state index in [1.165, 1.54) is 0 Å². The average Bonchev–Trinajstić information content (AvgIpc) is 3.21. The van der Waals surface area contributed by atoms with Gasteiger partial charge >= 0.3 is 5.97 Å². The van der Waals surface area contributed by atoms with Gasteiger partial charge in [-0.25, -0.2) is 4.68 Å². The predicted molar refractivity (Wildman–Crippen MR) is 108 cm³/mol. The smallest absolute Gasteiger partial charge is 0.318 e. The molecule has 0 spiro atoms. The summed E-state index contributed by atoms with van der Waals surface area (Å²) in [7, 11) is 0. The van der Waals surface area contributed by atoms with Crippen LogP contribution in [0.3, 0.4) is 0 Å². The van der Waals surface area contributed by atoms with E-state index in [1.54, 1.807) is 4.68 Å². The van der Waals surface area contributed by atoms with Crippen molar-refractivity contribution in [3.63, 3.8) is 0 Å². The minimum atomic E-state index is -0.504. The SMILES string of the molecule is O=C(OCc1nnnn1Cc1ccccc1)C(c1ccccc1)c1ccccc1. The number of aromatic nitrogens is 4. The number of hydrogen-bond acceptors (Lipinski definition) is 5. The Morgan fingerprint density at radius 2 is 1.38 bits per heavy atom. The molecule has 0 N–H and O–H groups in total. The summed E-state index contributed by atoms with van der Waals surface area (Å²) in [5.41, 5.74) is 2.83. The molecule has 0 bridgehead atoms. The van der Waals surface area contributed by atoms with E-state index in [1.807, 2.05) is 91.0 Å². The van der Waals surface area contributed by atoms with Crippen LogP contribution in [0.4, 0.5) is 0 Å². The van der Waals surface area contributed by atoms with Crippen LogP contribution in [0.15, 0.2) is 91.0 Å². The highest BCUT2D eigenvalue weighted by molar-refractivity contribution is 5.82. The van der Waals surface area contributed by atoms with Gasteiger partial charge in [-0.1, -0.05) is 91.0 Å². The molecule has 1 heterocycles. The van der Waals surface area contributed by atoms with Crippen LogP contribution in [0.2, 0.25) is 0 Å². The monoisotopic (exact) mass is 384 g/mol. The highest BCUT2D eigenvalue weighted by Crippen LogP contribution is 2.26. The zero-order valence-electron chi connectivity index (χ0n) is 15.8. The molecule has 0 saturated carbocycles. The summed E-state index contributed by atoms with van der Waals surface area (Å²) in [6.07, 6.45) is 0. The van der Waals surface area contributed by atoms with Gasteiger partial charge in [0, 0.05) is 0 Å². The molecule has 29 heavy (non-hydrogen) atoms. The largest absolute Gasteiger partial charge is 0.457 e. The molecule has 0 fully saturated rings. The summed E-state index contributed by atoms with van der Waals surface area (Å²) in [6, 6.07) is 29.1. The van der Waals surface area contributed by atoms with Crippen LogP contribution >= 0.6 is 0 Å². The lowest BCUT2D eigenvalue weighted by molar-refractivity contribution is -0.146. The molecule has 0 aliphatic carbocycles. The van der Waals surface area contributed by atoms with E-state index in [0.717, 1.165) is 16.7 Å². The van der Waals surface area contributed by atoms with Crippen molar-refractivity contribution in [3.05, 3.63) is 114 Å². The molecule has 3 aromatic carbocycles. The molecule has 0 saturated heterocycles. The highest BCUT2D eigenvalue weighted by Gasteiger charge is 2.24. The Kier molecular flexibility index (Phi) is 5.71. The molecule has 6 nitrogen and oxygen atoms in total. The molecule has 0 aliphatic heterocycles. The molecule has 0 unspecified atom stereocenters. The fourth-order valence-electron chi connectivity index (χ4n) is 3.18. The van der Waals surface area contributed by atoms with Crippen LogP contribution in [0, 0.1) is 0 Å². The van der Waals surface area contributed by atoms with Crippen LogP contribution in [0.5, 0.6) is 0 Å². The van der Waals surface area contributed by atoms with Crippen LogP contribution in [-0.4, -0.2) is 26.2 Å². The van der Waals surface area contributed by atoms with Crippen molar-refractivity contribution in [2.75, 3.05) is 0 Å². The maximum atomic E-state index is 13.0. The Hall–Kier alpha value is -3.80. The lowest BCUT2D eigenvalue weighted by Crippen LogP contribution is -2.19. The summed E-state index contributed by atoms with van der Waals surface area (Å²) in [5, 5.41) is 11.8. The number of rotatable bonds is 7. The molecule has 4 rings (SSSR count). The predicted octanol–water partition coefficient (Wildman–Crippen LogP) is 3.60. The second-order valence-electron chi connectivity index (χ2n) is 6.60. The topological polar surface area (TPSA) is 69.9 Å². The molecule has 144 valence electrons. The van der Waals surface area contributed by atoms with Crippen LogP contribution in [0.25, 0.3) is 0 Å². The van der Waals surface area contributed by atoms with Crippen LogP contribution < -0.4 is 0 Å². The summed E-state index contributed by atoms with van der Waals surface area (Å²) < 4.78 is 7.28. The molecule has 6 heteroatoms. The van der Waals surface area contributed by atoms with E-state index < -0.39 is 5.92 Å². The van der Waals surface area contributed by atoms with Crippen molar-refractivity contribution >= 4 is 5.97 Å². The van der Waals surface area contributed by atoms with Crippen LogP contribution in [-0.2, 0) is 22.7 Å². The number of carbonyl (C=O) groups excluding carboxylic acids is 1. The molecule has 0 radical (unpaired) electrons. The standard InChI is InChI=1S/C23H20N4O2/c28-23(22(19-12-6-2-7-13-19)20-14-8-3-9-15-20)29-17-21-24-25-26-27(21)16-18-10-4-1-5-11-18/h1-15,22H,16-17H2. The van der Waals surface area contributed by atoms with Gasteiger partial charge < -0.3 is 4.74 Å². The third-order valence-corrected chi connectivity index (χ3v) is 4.63. The van der Waals surface area contributed by atoms with Gasteiger partial charge in [-0.3, -0.25) is 4.79 Å². The first kappa shape index (κ1) is 18.6. The first-order valence-corrected chi connectivity index (χ1v) is 9.37. The number of carbonyl (C=O) groups is 1. The third kappa shape index (κ3) is 4.55. The molecule has 4 aromatic rings. The van der Waals surface area contributed by atoms with Crippen molar-refractivity contribution in [1.82, 2.24) is 20.2 Å². The van der Waals surface area contributed by atoms with E-state index in [4.69, 9.17) is 4.74 Å². The summed E-state index contributed by atoms with van der Waals surface area (Å²) in [4.78, 5) is 13.0. The zero-order chi connectivity index (χ0) is 19.9. The van der Waals surface area contributed by atoms with Crippen LogP contribution in [0.1, 0.15) is 28.4 Å². The van der Waals surface area contributed by atoms with E-state index in [2.05, 4.69) is 15.5 Å². The van der Waals surface area contributed by atoms with Gasteiger partial charge in [0.25, 0.3) is 0 Å². The summed E-state index contributed by atoms with van der Waals surface area (Å²) >= 11 is 0. The number of nitrogens with zero attached hydrogens (tertiary/aromatic N) is 4. The molecule has 0 amide bonds. The van der Waals surface area contributed by atoms with E-state index >= 15 is 0 Å². The summed E-state index contributed by atoms with van der Waals surface area (Å²) in [6.45, 7) is 0.524. The number of tetrazole rings is 1. The zero-order valence-corrected chi connectivity index (χ0v) is 15.8. The quantitative estimate of drug-likeness (QED) is 0.456. The number of benzene rings is 3. The maximum absolute atomic E-state index is 13.0. The highest BCUT2D eigenvalue weighted by atomic mass is 16.5. The lowest BCUT2D eigenvalue weighted by Gasteiger charge is -2.17. The normalized spacial score (nSPS) is 10.8. The maximum Gasteiger partial charge on any atom is 0.318 e. The molecule has 1 aromatic heterocycles. The van der Waals surface area contributed by atoms with Gasteiger partial charge in [-0.05, 0) is 27.1 Å². The van der Waals surface area contributed by atoms with Crippen molar-refractivity contribution in [3.8, 4) is 0 Å². The van der Waals surface area contributed by atoms with Crippen molar-refractivity contribution < 1.29 is 9.53 Å². The Balaban J connectivity index is 1.50. The fourth-order valence-corrected chi connectivity index (χ4v) is 3.18. The van der Waals surface area contributed by atoms with E-state index in [-0.39, 0.29) is 12.6 Å². The second kappa shape index (κ2) is 8.93. The molecular formula is C23H20N4O2. The van der Waals surface area contributed by atoms with Gasteiger partial charge in [-0.2, -0.15) is 0 Å². The minimum Gasteiger partial charge on any atom is -0.457 e. The van der Waals surface area contributed by atoms with Gasteiger partial charge in [-0.15, -0.1) is 5.10 Å². The first-order valence-electron chi connectivity index (χ1n) is 9.37. The Labute approximate surface area is 168 Å².